The van der Waals surface area contributed by atoms with E-state index in [0.29, 0.717) is 36.8 Å². The van der Waals surface area contributed by atoms with Crippen molar-refractivity contribution in [3.8, 4) is 5.69 Å². The second-order valence-electron chi connectivity index (χ2n) is 9.49. The van der Waals surface area contributed by atoms with Gasteiger partial charge in [0.1, 0.15) is 23.7 Å². The summed E-state index contributed by atoms with van der Waals surface area (Å²) in [5, 5.41) is 20.4. The highest BCUT2D eigenvalue weighted by atomic mass is 35.5. The summed E-state index contributed by atoms with van der Waals surface area (Å²) in [6, 6.07) is 8.79. The molecular formula is C24H25ClF2N6O. The van der Waals surface area contributed by atoms with Crippen molar-refractivity contribution in [2.24, 2.45) is 0 Å². The number of aromatic nitrogens is 4. The van der Waals surface area contributed by atoms with E-state index >= 15 is 0 Å². The summed E-state index contributed by atoms with van der Waals surface area (Å²) in [5.74, 6) is 2.15. The molecule has 1 N–H and O–H groups in total. The second-order valence-corrected chi connectivity index (χ2v) is 9.93. The molecule has 0 bridgehead atoms. The molecule has 34 heavy (non-hydrogen) atoms. The molecular weight excluding hydrogens is 462 g/mol. The Hall–Kier alpha value is -2.62. The monoisotopic (exact) mass is 486 g/mol. The van der Waals surface area contributed by atoms with Gasteiger partial charge in [-0.2, -0.15) is 0 Å². The van der Waals surface area contributed by atoms with Crippen LogP contribution in [0.2, 0.25) is 5.02 Å². The van der Waals surface area contributed by atoms with Crippen LogP contribution in [0.15, 0.2) is 36.5 Å². The summed E-state index contributed by atoms with van der Waals surface area (Å²) in [5.41, 5.74) is 0.266. The molecule has 2 aromatic heterocycles. The molecule has 1 aromatic carbocycles. The van der Waals surface area contributed by atoms with Crippen molar-refractivity contribution in [2.75, 3.05) is 18.0 Å². The van der Waals surface area contributed by atoms with E-state index in [1.54, 1.807) is 11.0 Å². The van der Waals surface area contributed by atoms with Gasteiger partial charge in [0.25, 0.3) is 0 Å². The number of fused-ring (bicyclic) bond motifs is 3. The Morgan fingerprint density at radius 1 is 1.09 bits per heavy atom. The van der Waals surface area contributed by atoms with Crippen LogP contribution < -0.4 is 4.90 Å². The number of halogens is 3. The van der Waals surface area contributed by atoms with Crippen LogP contribution >= 0.6 is 11.6 Å². The highest BCUT2D eigenvalue weighted by Crippen LogP contribution is 2.45. The molecule has 10 heteroatoms. The third-order valence-electron chi connectivity index (χ3n) is 7.19. The molecule has 0 amide bonds. The first kappa shape index (κ1) is 21.9. The van der Waals surface area contributed by atoms with Gasteiger partial charge < -0.3 is 10.0 Å². The van der Waals surface area contributed by atoms with Crippen molar-refractivity contribution in [1.29, 1.82) is 0 Å². The van der Waals surface area contributed by atoms with Crippen LogP contribution in [0, 0.1) is 5.82 Å². The number of rotatable bonds is 4. The van der Waals surface area contributed by atoms with E-state index in [1.807, 2.05) is 18.2 Å². The van der Waals surface area contributed by atoms with Crippen LogP contribution in [-0.4, -0.2) is 54.7 Å². The zero-order valence-electron chi connectivity index (χ0n) is 18.5. The van der Waals surface area contributed by atoms with Gasteiger partial charge in [0, 0.05) is 30.6 Å². The molecule has 1 saturated heterocycles. The highest BCUT2D eigenvalue weighted by molar-refractivity contribution is 6.30. The molecule has 2 fully saturated rings. The van der Waals surface area contributed by atoms with Crippen LogP contribution in [-0.2, 0) is 13.1 Å². The number of aliphatic hydroxyl groups excluding tert-OH is 1. The van der Waals surface area contributed by atoms with E-state index in [0.717, 1.165) is 48.8 Å². The quantitative estimate of drug-likeness (QED) is 0.601. The van der Waals surface area contributed by atoms with Gasteiger partial charge >= 0.3 is 0 Å². The molecule has 1 aliphatic carbocycles. The van der Waals surface area contributed by atoms with Gasteiger partial charge in [0.2, 0.25) is 0 Å². The normalized spacial score (nSPS) is 21.0. The summed E-state index contributed by atoms with van der Waals surface area (Å²) in [7, 11) is 0. The van der Waals surface area contributed by atoms with Gasteiger partial charge in [0.05, 0.1) is 18.4 Å². The third kappa shape index (κ3) is 3.85. The number of piperidine rings is 1. The molecule has 0 radical (unpaired) electrons. The van der Waals surface area contributed by atoms with E-state index in [1.165, 1.54) is 12.3 Å². The van der Waals surface area contributed by atoms with Crippen molar-refractivity contribution in [2.45, 2.75) is 56.6 Å². The minimum atomic E-state index is -1.56. The van der Waals surface area contributed by atoms with Gasteiger partial charge in [-0.15, -0.1) is 10.2 Å². The molecule has 3 aromatic rings. The van der Waals surface area contributed by atoms with Crippen molar-refractivity contribution in [3.05, 3.63) is 64.6 Å². The molecule has 6 rings (SSSR count). The summed E-state index contributed by atoms with van der Waals surface area (Å²) in [6.45, 7) is 2.22. The van der Waals surface area contributed by atoms with Crippen LogP contribution in [0.1, 0.15) is 48.8 Å². The van der Waals surface area contributed by atoms with Gasteiger partial charge in [-0.05, 0) is 61.6 Å². The molecule has 1 unspecified atom stereocenters. The van der Waals surface area contributed by atoms with E-state index in [-0.39, 0.29) is 11.7 Å². The van der Waals surface area contributed by atoms with E-state index in [9.17, 15) is 13.9 Å². The third-order valence-corrected chi connectivity index (χ3v) is 7.42. The average Bonchev–Trinajstić information content (AvgIpc) is 3.50. The smallest absolute Gasteiger partial charge is 0.151 e. The van der Waals surface area contributed by atoms with Gasteiger partial charge in [0.15, 0.2) is 11.5 Å². The van der Waals surface area contributed by atoms with Crippen molar-refractivity contribution < 1.29 is 13.9 Å². The lowest BCUT2D eigenvalue weighted by Crippen LogP contribution is -2.42. The maximum atomic E-state index is 14.7. The fraction of sp³-hybridized carbons (Fsp3) is 0.458. The van der Waals surface area contributed by atoms with Gasteiger partial charge in [-0.1, -0.05) is 11.6 Å². The first-order valence-electron chi connectivity index (χ1n) is 11.6. The topological polar surface area (TPSA) is 70.3 Å². The lowest BCUT2D eigenvalue weighted by molar-refractivity contribution is -0.0736. The molecule has 0 spiro atoms. The predicted octanol–water partition coefficient (Wildman–Crippen LogP) is 3.97. The predicted molar refractivity (Wildman–Crippen MR) is 123 cm³/mol. The first-order chi connectivity index (χ1) is 16.4. The SMILES string of the molecule is OC(N1Cc2cc(Cl)ccc2-n2c(nnc2C2CCN(c3ccc(F)cn3)CC2)C1)C1(F)CC1. The second kappa shape index (κ2) is 8.25. The summed E-state index contributed by atoms with van der Waals surface area (Å²) in [4.78, 5) is 8.08. The molecule has 4 heterocycles. The Morgan fingerprint density at radius 3 is 2.59 bits per heavy atom. The molecule has 7 nitrogen and oxygen atoms in total. The number of pyridine rings is 1. The fourth-order valence-electron chi connectivity index (χ4n) is 5.11. The average molecular weight is 487 g/mol. The van der Waals surface area contributed by atoms with Crippen LogP contribution in [0.5, 0.6) is 0 Å². The Labute approximate surface area is 201 Å². The van der Waals surface area contributed by atoms with Crippen molar-refractivity contribution in [3.63, 3.8) is 0 Å². The maximum Gasteiger partial charge on any atom is 0.151 e. The van der Waals surface area contributed by atoms with Crippen molar-refractivity contribution >= 4 is 17.4 Å². The first-order valence-corrected chi connectivity index (χ1v) is 12.0. The number of aliphatic hydroxyl groups is 1. The maximum absolute atomic E-state index is 14.7. The zero-order chi connectivity index (χ0) is 23.4. The van der Waals surface area contributed by atoms with Gasteiger partial charge in [-0.25, -0.2) is 13.8 Å². The van der Waals surface area contributed by atoms with Crippen LogP contribution in [0.4, 0.5) is 14.6 Å². The molecule has 3 aliphatic rings. The summed E-state index contributed by atoms with van der Waals surface area (Å²) in [6.07, 6.45) is 2.47. The fourth-order valence-corrected chi connectivity index (χ4v) is 5.31. The van der Waals surface area contributed by atoms with Gasteiger partial charge in [-0.3, -0.25) is 9.47 Å². The standard InChI is InChI=1S/C24H25ClF2N6O/c25-17-1-3-19-16(11-17)13-32(23(34)24(27)7-8-24)14-21-29-30-22(33(19)21)15-5-9-31(10-6-15)20-4-2-18(26)12-28-20/h1-4,11-12,15,23,34H,5-10,13-14H2. The molecule has 178 valence electrons. The van der Waals surface area contributed by atoms with Crippen molar-refractivity contribution in [1.82, 2.24) is 24.6 Å². The lowest BCUT2D eigenvalue weighted by atomic mass is 9.95. The minimum absolute atomic E-state index is 0.175. The summed E-state index contributed by atoms with van der Waals surface area (Å²) >= 11 is 6.30. The number of nitrogens with zero attached hydrogens (tertiary/aromatic N) is 6. The number of hydrogen-bond donors (Lipinski definition) is 1. The summed E-state index contributed by atoms with van der Waals surface area (Å²) < 4.78 is 30.0. The Kier molecular flexibility index (Phi) is 5.31. The highest BCUT2D eigenvalue weighted by Gasteiger charge is 2.52. The minimum Gasteiger partial charge on any atom is -0.375 e. The molecule has 1 atom stereocenters. The van der Waals surface area contributed by atoms with Crippen LogP contribution in [0.3, 0.4) is 0 Å². The van der Waals surface area contributed by atoms with Crippen LogP contribution in [0.25, 0.3) is 5.69 Å². The Bertz CT molecular complexity index is 1210. The number of alkyl halides is 1. The lowest BCUT2D eigenvalue weighted by Gasteiger charge is -2.32. The van der Waals surface area contributed by atoms with E-state index in [2.05, 4.69) is 24.6 Å². The Balaban J connectivity index is 1.30. The number of hydrogen-bond acceptors (Lipinski definition) is 6. The largest absolute Gasteiger partial charge is 0.375 e. The number of benzene rings is 1. The zero-order valence-corrected chi connectivity index (χ0v) is 19.3. The molecule has 1 saturated carbocycles. The number of anilines is 1. The molecule has 2 aliphatic heterocycles. The Morgan fingerprint density at radius 2 is 1.88 bits per heavy atom. The van der Waals surface area contributed by atoms with E-state index < -0.39 is 11.9 Å². The van der Waals surface area contributed by atoms with E-state index in [4.69, 9.17) is 11.6 Å².